The van der Waals surface area contributed by atoms with E-state index >= 15 is 0 Å². The number of aryl methyl sites for hydroxylation is 2. The smallest absolute Gasteiger partial charge is 0.347 e. The molecule has 3 aromatic carbocycles. The van der Waals surface area contributed by atoms with Crippen molar-refractivity contribution in [2.75, 3.05) is 26.2 Å². The van der Waals surface area contributed by atoms with Crippen LogP contribution in [0.4, 0.5) is 10.1 Å². The van der Waals surface area contributed by atoms with Gasteiger partial charge in [0.15, 0.2) is 23.0 Å². The van der Waals surface area contributed by atoms with Crippen molar-refractivity contribution in [1.29, 1.82) is 0 Å². The number of nitrogens with zero attached hydrogens (tertiary/aromatic N) is 6. The van der Waals surface area contributed by atoms with Crippen molar-refractivity contribution >= 4 is 40.1 Å². The first kappa shape index (κ1) is 36.8. The summed E-state index contributed by atoms with van der Waals surface area (Å²) in [6.07, 6.45) is 1.69. The van der Waals surface area contributed by atoms with Gasteiger partial charge in [-0.2, -0.15) is 0 Å². The Bertz CT molecular complexity index is 2730. The highest BCUT2D eigenvalue weighted by Crippen LogP contribution is 2.61. The average Bonchev–Trinajstić information content (AvgIpc) is 3.54. The Hall–Kier alpha value is -6.16. The second-order valence-corrected chi connectivity index (χ2v) is 14.7. The van der Waals surface area contributed by atoms with Gasteiger partial charge in [-0.3, -0.25) is 14.4 Å². The first-order valence-electron chi connectivity index (χ1n) is 17.7. The van der Waals surface area contributed by atoms with Gasteiger partial charge in [-0.05, 0) is 54.8 Å². The van der Waals surface area contributed by atoms with Gasteiger partial charge in [0, 0.05) is 38.1 Å². The number of methoxy groups -OCH3 is 3. The molecule has 0 unspecified atom stereocenters. The number of aromatic hydroxyl groups is 1. The third kappa shape index (κ3) is 5.22. The van der Waals surface area contributed by atoms with E-state index in [1.807, 2.05) is 0 Å². The lowest BCUT2D eigenvalue weighted by Gasteiger charge is -2.47. The van der Waals surface area contributed by atoms with Gasteiger partial charge in [0.25, 0.3) is 5.56 Å². The monoisotopic (exact) mass is 786 g/mol. The number of rotatable bonds is 8. The number of phenols is 1. The number of allylic oxidation sites excluding steroid dienone is 2. The summed E-state index contributed by atoms with van der Waals surface area (Å²) in [7, 11) is 5.95. The van der Waals surface area contributed by atoms with Gasteiger partial charge < -0.3 is 23.9 Å². The number of imide groups is 1. The van der Waals surface area contributed by atoms with Crippen molar-refractivity contribution in [2.24, 2.45) is 18.4 Å². The second kappa shape index (κ2) is 13.3. The second-order valence-electron chi connectivity index (χ2n) is 14.2. The number of aromatic nitrogens is 5. The number of hydrogen-bond donors (Lipinski definition) is 1. The quantitative estimate of drug-likeness (QED) is 0.181. The van der Waals surface area contributed by atoms with Crippen LogP contribution in [-0.4, -0.2) is 61.7 Å². The predicted octanol–water partition coefficient (Wildman–Crippen LogP) is 3.69. The minimum Gasteiger partial charge on any atom is -0.504 e. The molecule has 0 bridgehead atoms. The molecule has 2 aromatic heterocycles. The lowest BCUT2D eigenvalue weighted by atomic mass is 9.56. The maximum absolute atomic E-state index is 14.6. The third-order valence-corrected chi connectivity index (χ3v) is 11.8. The molecule has 56 heavy (non-hydrogen) atoms. The summed E-state index contributed by atoms with van der Waals surface area (Å²) in [5, 5.41) is 10.6. The average molecular weight is 787 g/mol. The van der Waals surface area contributed by atoms with Gasteiger partial charge >= 0.3 is 11.4 Å². The Labute approximate surface area is 322 Å². The molecule has 4 atom stereocenters. The molecule has 1 saturated heterocycles. The van der Waals surface area contributed by atoms with Crippen molar-refractivity contribution in [3.8, 4) is 23.0 Å². The summed E-state index contributed by atoms with van der Waals surface area (Å²) < 4.78 is 35.3. The van der Waals surface area contributed by atoms with Gasteiger partial charge in [-0.15, -0.1) is 0 Å². The molecule has 0 radical (unpaired) electrons. The van der Waals surface area contributed by atoms with Crippen LogP contribution in [0.5, 0.6) is 23.0 Å². The van der Waals surface area contributed by atoms with Gasteiger partial charge in [0.2, 0.25) is 11.8 Å². The van der Waals surface area contributed by atoms with Gasteiger partial charge in [-0.25, -0.2) is 37.8 Å². The van der Waals surface area contributed by atoms with E-state index in [0.29, 0.717) is 33.7 Å². The molecule has 2 fully saturated rings. The van der Waals surface area contributed by atoms with Crippen LogP contribution in [0.15, 0.2) is 74.6 Å². The van der Waals surface area contributed by atoms with Crippen LogP contribution >= 0.6 is 11.6 Å². The van der Waals surface area contributed by atoms with E-state index in [0.717, 1.165) is 15.5 Å². The minimum absolute atomic E-state index is 0.0294. The number of anilines is 1. The highest BCUT2D eigenvalue weighted by molar-refractivity contribution is 6.31. The zero-order chi connectivity index (χ0) is 40.0. The maximum atomic E-state index is 14.6. The number of halogens is 2. The Kier molecular flexibility index (Phi) is 8.71. The third-order valence-electron chi connectivity index (χ3n) is 11.5. The summed E-state index contributed by atoms with van der Waals surface area (Å²) in [4.78, 5) is 76.3. The molecule has 15 nitrogen and oxygen atoms in total. The zero-order valence-electron chi connectivity index (χ0n) is 30.9. The van der Waals surface area contributed by atoms with Crippen molar-refractivity contribution < 1.29 is 33.3 Å². The number of hydrogen-bond acceptors (Lipinski definition) is 10. The lowest BCUT2D eigenvalue weighted by Crippen LogP contribution is -2.49. The fourth-order valence-electron chi connectivity index (χ4n) is 8.74. The number of benzene rings is 3. The zero-order valence-corrected chi connectivity index (χ0v) is 31.7. The van der Waals surface area contributed by atoms with Crippen molar-refractivity contribution in [3.63, 3.8) is 0 Å². The number of carbonyl (C=O) groups excluding carboxylic acids is 2. The molecule has 290 valence electrons. The number of phenolic OH excluding ortho intramolecular Hbond substituents is 1. The van der Waals surface area contributed by atoms with E-state index in [4.69, 9.17) is 25.8 Å². The van der Waals surface area contributed by atoms with Crippen LogP contribution in [-0.2, 0) is 36.1 Å². The van der Waals surface area contributed by atoms with Crippen molar-refractivity contribution in [1.82, 2.24) is 23.5 Å². The molecule has 5 aromatic rings. The van der Waals surface area contributed by atoms with Gasteiger partial charge in [0.1, 0.15) is 11.5 Å². The topological polar surface area (TPSA) is 169 Å². The first-order valence-corrected chi connectivity index (χ1v) is 18.1. The highest BCUT2D eigenvalue weighted by atomic mass is 35.5. The highest BCUT2D eigenvalue weighted by Gasteiger charge is 2.65. The van der Waals surface area contributed by atoms with Crippen LogP contribution in [0.2, 0.25) is 5.02 Å². The SMILES string of the molecule is COc1ccc([C@H]2C3=CCn4c(=O)n(CCc5nc6cc(OC)c(OC)cc6n(C)c5=O)c(=O)n4[C@@H]3C[C@H]3C(=O)N(c4ccc(F)c(Cl)c4)C(=O)[C@@]23C)cc1O. The standard InChI is InChI=1S/C39H36ClFN6O9/c1-39-22(34(49)46(36(39)51)20-7-8-24(41)23(40)15-20)16-27-21(33(39)19-6-9-30(54-3)29(48)14-19)10-13-45-37(52)44(38(53)47(27)45)12-11-25-35(50)43(2)28-18-32(56-5)31(55-4)17-26(28)42-25/h6-10,14-15,17-18,22,27,33,48H,11-13,16H2,1-5H3/t22-,27+,33-,39+/m0/s1. The molecule has 1 aliphatic carbocycles. The van der Waals surface area contributed by atoms with Crippen molar-refractivity contribution in [2.45, 2.75) is 44.8 Å². The fourth-order valence-corrected chi connectivity index (χ4v) is 8.92. The Morgan fingerprint density at radius 2 is 1.66 bits per heavy atom. The van der Waals surface area contributed by atoms with E-state index in [1.165, 1.54) is 53.5 Å². The number of amides is 2. The van der Waals surface area contributed by atoms with Gasteiger partial charge in [-0.1, -0.05) is 23.7 Å². The predicted molar refractivity (Wildman–Crippen MR) is 201 cm³/mol. The molecule has 1 saturated carbocycles. The van der Waals surface area contributed by atoms with Crippen LogP contribution < -0.4 is 36.0 Å². The summed E-state index contributed by atoms with van der Waals surface area (Å²) in [5.74, 6) is -2.93. The molecule has 4 heterocycles. The first-order chi connectivity index (χ1) is 26.7. The van der Waals surface area contributed by atoms with Crippen LogP contribution in [0.3, 0.4) is 0 Å². The molecule has 3 aliphatic rings. The van der Waals surface area contributed by atoms with Crippen LogP contribution in [0.1, 0.15) is 36.6 Å². The molecule has 2 aliphatic heterocycles. The van der Waals surface area contributed by atoms with E-state index in [2.05, 4.69) is 4.98 Å². The number of ether oxygens (including phenoxy) is 3. The lowest BCUT2D eigenvalue weighted by molar-refractivity contribution is -0.129. The normalized spacial score (nSPS) is 21.4. The molecular weight excluding hydrogens is 751 g/mol. The molecule has 8 rings (SSSR count). The summed E-state index contributed by atoms with van der Waals surface area (Å²) >= 11 is 6.09. The van der Waals surface area contributed by atoms with Crippen LogP contribution in [0, 0.1) is 17.2 Å². The summed E-state index contributed by atoms with van der Waals surface area (Å²) in [5.41, 5.74) is -0.934. The fraction of sp³-hybridized carbons (Fsp3) is 0.333. The van der Waals surface area contributed by atoms with E-state index in [-0.39, 0.29) is 53.8 Å². The molecular formula is C39H36ClFN6O9. The van der Waals surface area contributed by atoms with Gasteiger partial charge in [0.05, 0.1) is 67.0 Å². The van der Waals surface area contributed by atoms with E-state index in [1.54, 1.807) is 44.3 Å². The molecule has 2 amide bonds. The summed E-state index contributed by atoms with van der Waals surface area (Å²) in [6.45, 7) is 1.45. The molecule has 17 heteroatoms. The maximum Gasteiger partial charge on any atom is 0.347 e. The minimum atomic E-state index is -1.44. The Morgan fingerprint density at radius 1 is 0.946 bits per heavy atom. The Morgan fingerprint density at radius 3 is 2.34 bits per heavy atom. The van der Waals surface area contributed by atoms with E-state index < -0.39 is 57.9 Å². The van der Waals surface area contributed by atoms with Crippen molar-refractivity contribution in [3.05, 3.63) is 114 Å². The van der Waals surface area contributed by atoms with E-state index in [9.17, 15) is 33.5 Å². The molecule has 1 N–H and O–H groups in total. The van der Waals surface area contributed by atoms with Crippen LogP contribution in [0.25, 0.3) is 11.0 Å². The number of fused-ring (bicyclic) bond motifs is 5. The summed E-state index contributed by atoms with van der Waals surface area (Å²) in [6, 6.07) is 10.7. The number of carbonyl (C=O) groups is 2. The largest absolute Gasteiger partial charge is 0.504 e. The molecule has 0 spiro atoms. The Balaban J connectivity index is 1.21.